The van der Waals surface area contributed by atoms with Crippen LogP contribution in [0.5, 0.6) is 5.88 Å². The molecule has 1 aromatic heterocycles. The van der Waals surface area contributed by atoms with Crippen molar-refractivity contribution >= 4 is 33.2 Å². The Morgan fingerprint density at radius 1 is 1.03 bits per heavy atom. The number of ether oxygens (including phenoxy) is 1. The first-order valence-corrected chi connectivity index (χ1v) is 14.9. The van der Waals surface area contributed by atoms with Crippen LogP contribution in [0, 0.1) is 0 Å². The zero-order chi connectivity index (χ0) is 25.3. The summed E-state index contributed by atoms with van der Waals surface area (Å²) in [7, 11) is -3.45. The normalized spacial score (nSPS) is 19.0. The maximum absolute atomic E-state index is 12.9. The van der Waals surface area contributed by atoms with Crippen LogP contribution in [-0.4, -0.2) is 24.8 Å². The molecular weight excluding hydrogens is 515 g/mol. The zero-order valence-corrected chi connectivity index (χ0v) is 22.6. The first-order valence-electron chi connectivity index (χ1n) is 12.5. The number of benzene rings is 2. The van der Waals surface area contributed by atoms with Gasteiger partial charge in [0.05, 0.1) is 17.5 Å². The van der Waals surface area contributed by atoms with E-state index in [0.29, 0.717) is 34.5 Å². The minimum atomic E-state index is -3.45. The molecule has 0 radical (unpaired) electrons. The maximum atomic E-state index is 12.9. The van der Waals surface area contributed by atoms with E-state index < -0.39 is 21.7 Å². The predicted octanol–water partition coefficient (Wildman–Crippen LogP) is 7.58. The van der Waals surface area contributed by atoms with Gasteiger partial charge in [-0.2, -0.15) is 0 Å². The van der Waals surface area contributed by atoms with Crippen LogP contribution in [0.3, 0.4) is 0 Å². The number of halogens is 2. The molecular formula is C28H30Cl2N2O3S. The number of hydrogen-bond donors (Lipinski definition) is 1. The molecule has 1 spiro atoms. The monoisotopic (exact) mass is 544 g/mol. The molecule has 1 atom stereocenters. The molecule has 1 fully saturated rings. The van der Waals surface area contributed by atoms with Crippen molar-refractivity contribution in [1.82, 2.24) is 9.71 Å². The zero-order valence-electron chi connectivity index (χ0n) is 20.3. The SMILES string of the molecule is CCCS(=O)(=O)NC1CC2(CCCCC2)Oc2nc(-c3ccccc3Cl)c(-c3ccc(Cl)cc3)cc21. The summed E-state index contributed by atoms with van der Waals surface area (Å²) in [5.41, 5.74) is 3.59. The smallest absolute Gasteiger partial charge is 0.219 e. The second kappa shape index (κ2) is 10.3. The fraction of sp³-hybridized carbons (Fsp3) is 0.393. The van der Waals surface area contributed by atoms with Crippen LogP contribution in [-0.2, 0) is 10.0 Å². The largest absolute Gasteiger partial charge is 0.471 e. The van der Waals surface area contributed by atoms with Gasteiger partial charge in [0.2, 0.25) is 15.9 Å². The third kappa shape index (κ3) is 5.28. The fourth-order valence-electron chi connectivity index (χ4n) is 5.43. The Morgan fingerprint density at radius 3 is 2.44 bits per heavy atom. The molecule has 2 aromatic carbocycles. The molecule has 1 saturated carbocycles. The molecule has 1 N–H and O–H groups in total. The highest BCUT2D eigenvalue weighted by Crippen LogP contribution is 2.48. The minimum absolute atomic E-state index is 0.0852. The van der Waals surface area contributed by atoms with Crippen molar-refractivity contribution in [1.29, 1.82) is 0 Å². The standard InChI is InChI=1S/C28H30Cl2N2O3S/c1-2-16-36(33,34)32-25-18-28(14-6-3-7-15-28)35-27-23(25)17-22(19-10-12-20(29)13-11-19)26(31-27)21-8-4-5-9-24(21)30/h4-5,8-13,17,25,32H,2-3,6-7,14-16,18H2,1H3. The van der Waals surface area contributed by atoms with E-state index in [-0.39, 0.29) is 5.75 Å². The van der Waals surface area contributed by atoms with E-state index in [1.54, 1.807) is 0 Å². The van der Waals surface area contributed by atoms with Crippen molar-refractivity contribution < 1.29 is 13.2 Å². The quantitative estimate of drug-likeness (QED) is 0.347. The van der Waals surface area contributed by atoms with Crippen molar-refractivity contribution in [3.8, 4) is 28.3 Å². The predicted molar refractivity (Wildman–Crippen MR) is 146 cm³/mol. The van der Waals surface area contributed by atoms with Crippen LogP contribution in [0.25, 0.3) is 22.4 Å². The summed E-state index contributed by atoms with van der Waals surface area (Å²) in [5.74, 6) is 0.571. The Bertz CT molecular complexity index is 1350. The van der Waals surface area contributed by atoms with Crippen molar-refractivity contribution in [2.45, 2.75) is 63.5 Å². The average Bonchev–Trinajstić information content (AvgIpc) is 2.84. The first-order chi connectivity index (χ1) is 17.3. The van der Waals surface area contributed by atoms with Gasteiger partial charge in [-0.3, -0.25) is 0 Å². The third-order valence-electron chi connectivity index (χ3n) is 7.12. The lowest BCUT2D eigenvalue weighted by atomic mass is 9.77. The summed E-state index contributed by atoms with van der Waals surface area (Å²) in [6, 6.07) is 16.7. The summed E-state index contributed by atoms with van der Waals surface area (Å²) in [5, 5.41) is 1.22. The van der Waals surface area contributed by atoms with E-state index in [1.165, 1.54) is 0 Å². The molecule has 36 heavy (non-hydrogen) atoms. The van der Waals surface area contributed by atoms with E-state index in [2.05, 4.69) is 4.72 Å². The van der Waals surface area contributed by atoms with Gasteiger partial charge in [0.15, 0.2) is 0 Å². The molecule has 5 rings (SSSR count). The van der Waals surface area contributed by atoms with Gasteiger partial charge in [-0.25, -0.2) is 18.1 Å². The van der Waals surface area contributed by atoms with Crippen LogP contribution in [0.15, 0.2) is 54.6 Å². The first kappa shape index (κ1) is 25.5. The van der Waals surface area contributed by atoms with Crippen molar-refractivity contribution in [3.63, 3.8) is 0 Å². The van der Waals surface area contributed by atoms with Crippen LogP contribution < -0.4 is 9.46 Å². The molecule has 1 aliphatic heterocycles. The maximum Gasteiger partial charge on any atom is 0.219 e. The lowest BCUT2D eigenvalue weighted by Gasteiger charge is -2.44. The number of nitrogens with zero attached hydrogens (tertiary/aromatic N) is 1. The van der Waals surface area contributed by atoms with Gasteiger partial charge in [0, 0.05) is 33.2 Å². The van der Waals surface area contributed by atoms with E-state index in [1.807, 2.05) is 61.5 Å². The molecule has 0 amide bonds. The van der Waals surface area contributed by atoms with Gasteiger partial charge < -0.3 is 4.74 Å². The summed E-state index contributed by atoms with van der Waals surface area (Å²) < 4.78 is 35.5. The van der Waals surface area contributed by atoms with Gasteiger partial charge in [-0.15, -0.1) is 0 Å². The Balaban J connectivity index is 1.70. The van der Waals surface area contributed by atoms with Crippen LogP contribution in [0.2, 0.25) is 10.0 Å². The lowest BCUT2D eigenvalue weighted by Crippen LogP contribution is -2.47. The van der Waals surface area contributed by atoms with E-state index in [9.17, 15) is 8.42 Å². The summed E-state index contributed by atoms with van der Waals surface area (Å²) in [6.45, 7) is 1.87. The number of aromatic nitrogens is 1. The molecule has 3 aromatic rings. The number of pyridine rings is 1. The molecule has 8 heteroatoms. The van der Waals surface area contributed by atoms with Crippen LogP contribution >= 0.6 is 23.2 Å². The number of rotatable bonds is 6. The lowest BCUT2D eigenvalue weighted by molar-refractivity contribution is -0.00420. The summed E-state index contributed by atoms with van der Waals surface area (Å²) in [6.07, 6.45) is 6.21. The molecule has 1 unspecified atom stereocenters. The number of nitrogens with one attached hydrogen (secondary N) is 1. The second-order valence-electron chi connectivity index (χ2n) is 9.80. The Kier molecular flexibility index (Phi) is 7.32. The van der Waals surface area contributed by atoms with Gasteiger partial charge in [-0.1, -0.05) is 66.9 Å². The van der Waals surface area contributed by atoms with Crippen molar-refractivity contribution in [2.24, 2.45) is 0 Å². The Hall–Kier alpha value is -2.12. The van der Waals surface area contributed by atoms with Crippen LogP contribution in [0.4, 0.5) is 0 Å². The topological polar surface area (TPSA) is 68.3 Å². The highest BCUT2D eigenvalue weighted by molar-refractivity contribution is 7.89. The molecule has 2 aliphatic rings. The second-order valence-corrected chi connectivity index (χ2v) is 12.5. The van der Waals surface area contributed by atoms with Crippen molar-refractivity contribution in [2.75, 3.05) is 5.75 Å². The highest BCUT2D eigenvalue weighted by Gasteiger charge is 2.44. The Morgan fingerprint density at radius 2 is 1.75 bits per heavy atom. The summed E-state index contributed by atoms with van der Waals surface area (Å²) in [4.78, 5) is 5.04. The molecule has 1 aliphatic carbocycles. The number of hydrogen-bond acceptors (Lipinski definition) is 4. The van der Waals surface area contributed by atoms with Crippen LogP contribution in [0.1, 0.15) is 63.5 Å². The van der Waals surface area contributed by atoms with Gasteiger partial charge in [0.25, 0.3) is 0 Å². The molecule has 0 saturated heterocycles. The summed E-state index contributed by atoms with van der Waals surface area (Å²) >= 11 is 12.8. The minimum Gasteiger partial charge on any atom is -0.471 e. The van der Waals surface area contributed by atoms with Gasteiger partial charge >= 0.3 is 0 Å². The van der Waals surface area contributed by atoms with Crippen molar-refractivity contribution in [3.05, 3.63) is 70.2 Å². The molecule has 190 valence electrons. The average molecular weight is 546 g/mol. The fourth-order valence-corrected chi connectivity index (χ4v) is 7.08. The molecule has 5 nitrogen and oxygen atoms in total. The molecule has 2 heterocycles. The third-order valence-corrected chi connectivity index (χ3v) is 9.29. The number of fused-ring (bicyclic) bond motifs is 1. The van der Waals surface area contributed by atoms with E-state index >= 15 is 0 Å². The van der Waals surface area contributed by atoms with Gasteiger partial charge in [0.1, 0.15) is 5.60 Å². The van der Waals surface area contributed by atoms with E-state index in [0.717, 1.165) is 54.4 Å². The Labute approximate surface area is 223 Å². The highest BCUT2D eigenvalue weighted by atomic mass is 35.5. The van der Waals surface area contributed by atoms with E-state index in [4.69, 9.17) is 32.9 Å². The number of sulfonamides is 1. The van der Waals surface area contributed by atoms with Gasteiger partial charge in [-0.05, 0) is 61.9 Å². The molecule has 0 bridgehead atoms.